The number of Topliss-reactive ketones (excluding diaryl/α,β-unsaturated/α-hetero) is 2. The first-order chi connectivity index (χ1) is 17.0. The van der Waals surface area contributed by atoms with Crippen LogP contribution in [0.1, 0.15) is 31.8 Å². The molecule has 1 atom stereocenters. The third kappa shape index (κ3) is 2.34. The minimum atomic E-state index is -1.79. The molecule has 1 aliphatic carbocycles. The normalized spacial score (nSPS) is 21.6. The lowest BCUT2D eigenvalue weighted by atomic mass is 9.64. The van der Waals surface area contributed by atoms with Crippen LogP contribution in [0.3, 0.4) is 0 Å². The lowest BCUT2D eigenvalue weighted by molar-refractivity contribution is -0.118. The number of halogens is 1. The highest BCUT2D eigenvalue weighted by Gasteiger charge is 2.63. The van der Waals surface area contributed by atoms with Gasteiger partial charge in [0.05, 0.1) is 11.3 Å². The summed E-state index contributed by atoms with van der Waals surface area (Å²) in [4.78, 5) is 44.2. The smallest absolute Gasteiger partial charge is 0.244 e. The van der Waals surface area contributed by atoms with Gasteiger partial charge in [-0.2, -0.15) is 0 Å². The second kappa shape index (κ2) is 6.76. The van der Waals surface area contributed by atoms with Crippen LogP contribution >= 0.6 is 0 Å². The molecule has 3 aromatic carbocycles. The first-order valence-electron chi connectivity index (χ1n) is 11.4. The number of benzene rings is 3. The molecule has 1 amide bonds. The average molecular weight is 463 g/mol. The Labute approximate surface area is 199 Å². The van der Waals surface area contributed by atoms with Gasteiger partial charge >= 0.3 is 0 Å². The highest BCUT2D eigenvalue weighted by Crippen LogP contribution is 2.58. The number of carbonyl (C=O) groups is 3. The van der Waals surface area contributed by atoms with E-state index in [-0.39, 0.29) is 28.3 Å². The van der Waals surface area contributed by atoms with Crippen LogP contribution in [0.25, 0.3) is 5.70 Å². The van der Waals surface area contributed by atoms with Gasteiger partial charge in [-0.15, -0.1) is 0 Å². The van der Waals surface area contributed by atoms with Crippen LogP contribution in [-0.2, 0) is 10.2 Å². The van der Waals surface area contributed by atoms with Crippen LogP contribution < -0.4 is 10.6 Å². The number of anilines is 1. The molecule has 3 aromatic rings. The molecule has 7 rings (SSSR count). The zero-order chi connectivity index (χ0) is 23.9. The molecule has 170 valence electrons. The summed E-state index contributed by atoms with van der Waals surface area (Å²) in [5.74, 6) is -1.32. The van der Waals surface area contributed by atoms with E-state index in [0.29, 0.717) is 47.0 Å². The van der Waals surface area contributed by atoms with Crippen molar-refractivity contribution in [3.63, 3.8) is 0 Å². The molecular formula is C28H18FN3O3. The number of rotatable bonds is 2. The molecule has 4 aliphatic rings. The Bertz CT molecular complexity index is 1570. The van der Waals surface area contributed by atoms with Crippen molar-refractivity contribution in [3.8, 4) is 0 Å². The SMILES string of the molecule is O=C(C1=C2NCCN2C2=C(C(=O)c3ccccc32)[C@@]12C(=O)Nc1ccc(F)cc12)c1ccccc1. The van der Waals surface area contributed by atoms with E-state index >= 15 is 0 Å². The minimum absolute atomic E-state index is 0.142. The summed E-state index contributed by atoms with van der Waals surface area (Å²) in [5.41, 5.74) is 1.36. The first kappa shape index (κ1) is 19.9. The number of amides is 1. The van der Waals surface area contributed by atoms with Gasteiger partial charge in [-0.05, 0) is 18.2 Å². The Kier molecular flexibility index (Phi) is 3.84. The molecule has 0 aromatic heterocycles. The zero-order valence-corrected chi connectivity index (χ0v) is 18.4. The van der Waals surface area contributed by atoms with E-state index in [1.165, 1.54) is 18.2 Å². The molecule has 7 heteroatoms. The van der Waals surface area contributed by atoms with E-state index in [1.54, 1.807) is 42.5 Å². The Balaban J connectivity index is 1.62. The standard InChI is InChI=1S/C28H18FN3O3/c29-16-10-11-20-19(14-16)28(27(35)31-20)21-23(17-8-4-5-9-18(17)25(21)34)32-13-12-30-26(32)22(28)24(33)15-6-2-1-3-7-15/h1-11,14,30H,12-13H2,(H,31,35)/t28-/m1/s1. The van der Waals surface area contributed by atoms with Gasteiger partial charge in [0.1, 0.15) is 17.1 Å². The van der Waals surface area contributed by atoms with Crippen molar-refractivity contribution < 1.29 is 18.8 Å². The van der Waals surface area contributed by atoms with Crippen LogP contribution in [0.2, 0.25) is 0 Å². The molecule has 6 nitrogen and oxygen atoms in total. The highest BCUT2D eigenvalue weighted by atomic mass is 19.1. The third-order valence-electron chi connectivity index (χ3n) is 7.28. The van der Waals surface area contributed by atoms with Gasteiger partial charge in [0, 0.05) is 46.6 Å². The largest absolute Gasteiger partial charge is 0.369 e. The van der Waals surface area contributed by atoms with Gasteiger partial charge in [0.15, 0.2) is 11.6 Å². The molecule has 0 bridgehead atoms. The third-order valence-corrected chi connectivity index (χ3v) is 7.28. The number of fused-ring (bicyclic) bond motifs is 7. The van der Waals surface area contributed by atoms with Gasteiger partial charge in [0.25, 0.3) is 0 Å². The van der Waals surface area contributed by atoms with E-state index in [9.17, 15) is 18.8 Å². The highest BCUT2D eigenvalue weighted by molar-refractivity contribution is 6.33. The quantitative estimate of drug-likeness (QED) is 0.568. The second-order valence-electron chi connectivity index (χ2n) is 8.99. The molecule has 2 N–H and O–H groups in total. The monoisotopic (exact) mass is 463 g/mol. The summed E-state index contributed by atoms with van der Waals surface area (Å²) in [6, 6.07) is 19.8. The summed E-state index contributed by atoms with van der Waals surface area (Å²) >= 11 is 0. The molecule has 0 radical (unpaired) electrons. The molecule has 0 saturated carbocycles. The van der Waals surface area contributed by atoms with Crippen LogP contribution in [0.15, 0.2) is 89.8 Å². The summed E-state index contributed by atoms with van der Waals surface area (Å²) in [6.45, 7) is 1.05. The Hall–Kier alpha value is -4.52. The van der Waals surface area contributed by atoms with Crippen molar-refractivity contribution in [2.45, 2.75) is 5.41 Å². The number of nitrogens with one attached hydrogen (secondary N) is 2. The average Bonchev–Trinajstić information content (AvgIpc) is 3.55. The van der Waals surface area contributed by atoms with Crippen LogP contribution in [-0.4, -0.2) is 35.5 Å². The van der Waals surface area contributed by atoms with Crippen LogP contribution in [0, 0.1) is 5.82 Å². The topological polar surface area (TPSA) is 78.5 Å². The molecule has 1 saturated heterocycles. The molecule has 1 fully saturated rings. The second-order valence-corrected chi connectivity index (χ2v) is 8.99. The maximum absolute atomic E-state index is 14.7. The van der Waals surface area contributed by atoms with E-state index in [1.807, 2.05) is 17.0 Å². The summed E-state index contributed by atoms with van der Waals surface area (Å²) in [6.07, 6.45) is 0. The van der Waals surface area contributed by atoms with Gasteiger partial charge in [-0.25, -0.2) is 4.39 Å². The first-order valence-corrected chi connectivity index (χ1v) is 11.4. The Morgan fingerprint density at radius 2 is 1.69 bits per heavy atom. The number of nitrogens with zero attached hydrogens (tertiary/aromatic N) is 1. The Morgan fingerprint density at radius 1 is 0.943 bits per heavy atom. The fourth-order valence-electron chi connectivity index (χ4n) is 5.92. The number of hydrogen-bond donors (Lipinski definition) is 2. The molecular weight excluding hydrogens is 445 g/mol. The predicted molar refractivity (Wildman–Crippen MR) is 127 cm³/mol. The molecule has 1 spiro atoms. The Morgan fingerprint density at radius 3 is 2.49 bits per heavy atom. The van der Waals surface area contributed by atoms with Crippen molar-refractivity contribution in [2.75, 3.05) is 18.4 Å². The summed E-state index contributed by atoms with van der Waals surface area (Å²) < 4.78 is 14.7. The van der Waals surface area contributed by atoms with E-state index in [2.05, 4.69) is 10.6 Å². The van der Waals surface area contributed by atoms with Crippen molar-refractivity contribution in [1.82, 2.24) is 10.2 Å². The molecule has 35 heavy (non-hydrogen) atoms. The maximum Gasteiger partial charge on any atom is 0.244 e. The summed E-state index contributed by atoms with van der Waals surface area (Å²) in [7, 11) is 0. The molecule has 3 heterocycles. The van der Waals surface area contributed by atoms with Crippen molar-refractivity contribution in [2.24, 2.45) is 0 Å². The fraction of sp³-hybridized carbons (Fsp3) is 0.107. The van der Waals surface area contributed by atoms with Gasteiger partial charge < -0.3 is 15.5 Å². The van der Waals surface area contributed by atoms with Gasteiger partial charge in [-0.3, -0.25) is 14.4 Å². The molecule has 0 unspecified atom stereocenters. The summed E-state index contributed by atoms with van der Waals surface area (Å²) in [5, 5.41) is 6.14. The lowest BCUT2D eigenvalue weighted by Crippen LogP contribution is -2.48. The van der Waals surface area contributed by atoms with E-state index < -0.39 is 17.1 Å². The maximum atomic E-state index is 14.7. The van der Waals surface area contributed by atoms with Gasteiger partial charge in [-0.1, -0.05) is 54.6 Å². The zero-order valence-electron chi connectivity index (χ0n) is 18.4. The number of ketones is 2. The van der Waals surface area contributed by atoms with Gasteiger partial charge in [0.2, 0.25) is 5.91 Å². The predicted octanol–water partition coefficient (Wildman–Crippen LogP) is 3.64. The fourth-order valence-corrected chi connectivity index (χ4v) is 5.92. The lowest BCUT2D eigenvalue weighted by Gasteiger charge is -2.39. The van der Waals surface area contributed by atoms with E-state index in [0.717, 1.165) is 0 Å². The number of hydrogen-bond acceptors (Lipinski definition) is 5. The van der Waals surface area contributed by atoms with E-state index in [4.69, 9.17) is 0 Å². The van der Waals surface area contributed by atoms with Crippen LogP contribution in [0.4, 0.5) is 10.1 Å². The van der Waals surface area contributed by atoms with Crippen LogP contribution in [0.5, 0.6) is 0 Å². The van der Waals surface area contributed by atoms with Crippen molar-refractivity contribution in [3.05, 3.63) is 118 Å². The van der Waals surface area contributed by atoms with Crippen molar-refractivity contribution >= 4 is 28.9 Å². The minimum Gasteiger partial charge on any atom is -0.369 e. The molecule has 3 aliphatic heterocycles. The van der Waals surface area contributed by atoms with Crippen molar-refractivity contribution in [1.29, 1.82) is 0 Å². The number of carbonyl (C=O) groups excluding carboxylic acids is 3.